The predicted molar refractivity (Wildman–Crippen MR) is 76.1 cm³/mol. The van der Waals surface area contributed by atoms with Gasteiger partial charge in [0.2, 0.25) is 0 Å². The van der Waals surface area contributed by atoms with Crippen LogP contribution >= 0.6 is 27.3 Å². The highest BCUT2D eigenvalue weighted by molar-refractivity contribution is 9.11. The summed E-state index contributed by atoms with van der Waals surface area (Å²) in [5, 5.41) is 5.66. The van der Waals surface area contributed by atoms with E-state index >= 15 is 0 Å². The van der Waals surface area contributed by atoms with Gasteiger partial charge in [0.1, 0.15) is 0 Å². The van der Waals surface area contributed by atoms with Crippen LogP contribution in [0.2, 0.25) is 0 Å². The second-order valence-corrected chi connectivity index (χ2v) is 6.65. The van der Waals surface area contributed by atoms with Crippen LogP contribution in [0.5, 0.6) is 0 Å². The van der Waals surface area contributed by atoms with E-state index in [2.05, 4.69) is 58.5 Å². The SMILES string of the molecule is CC(C)N(C)CCCNCc1csc(Br)c1. The van der Waals surface area contributed by atoms with E-state index in [1.165, 1.54) is 15.8 Å². The van der Waals surface area contributed by atoms with Crippen LogP contribution in [0.25, 0.3) is 0 Å². The Morgan fingerprint density at radius 3 is 2.81 bits per heavy atom. The highest BCUT2D eigenvalue weighted by atomic mass is 79.9. The number of thiophene rings is 1. The van der Waals surface area contributed by atoms with Crippen molar-refractivity contribution >= 4 is 27.3 Å². The Kier molecular flexibility index (Phi) is 6.58. The summed E-state index contributed by atoms with van der Waals surface area (Å²) in [5.74, 6) is 0. The van der Waals surface area contributed by atoms with Crippen LogP contribution < -0.4 is 5.32 Å². The van der Waals surface area contributed by atoms with Crippen molar-refractivity contribution in [1.29, 1.82) is 0 Å². The van der Waals surface area contributed by atoms with Crippen molar-refractivity contribution < 1.29 is 0 Å². The Hall–Kier alpha value is 0.100. The molecule has 0 aliphatic heterocycles. The lowest BCUT2D eigenvalue weighted by molar-refractivity contribution is 0.269. The molecule has 1 aromatic rings. The maximum absolute atomic E-state index is 3.47. The molecule has 0 unspecified atom stereocenters. The van der Waals surface area contributed by atoms with Crippen LogP contribution in [0.1, 0.15) is 25.8 Å². The molecule has 0 atom stereocenters. The first kappa shape index (κ1) is 14.2. The molecule has 0 spiro atoms. The molecule has 0 aliphatic rings. The molecule has 92 valence electrons. The third-order valence-corrected chi connectivity index (χ3v) is 4.25. The van der Waals surface area contributed by atoms with Crippen LogP contribution in [-0.4, -0.2) is 31.1 Å². The average molecular weight is 305 g/mol. The fraction of sp³-hybridized carbons (Fsp3) is 0.667. The molecule has 2 nitrogen and oxygen atoms in total. The molecule has 0 radical (unpaired) electrons. The number of halogens is 1. The molecular formula is C12H21BrN2S. The largest absolute Gasteiger partial charge is 0.313 e. The smallest absolute Gasteiger partial charge is 0.0701 e. The van der Waals surface area contributed by atoms with E-state index in [1.807, 2.05) is 0 Å². The molecule has 1 rings (SSSR count). The van der Waals surface area contributed by atoms with Gasteiger partial charge in [0.25, 0.3) is 0 Å². The fourth-order valence-corrected chi connectivity index (χ4v) is 2.59. The van der Waals surface area contributed by atoms with E-state index in [4.69, 9.17) is 0 Å². The summed E-state index contributed by atoms with van der Waals surface area (Å²) < 4.78 is 1.21. The maximum atomic E-state index is 3.47. The van der Waals surface area contributed by atoms with Crippen molar-refractivity contribution in [3.8, 4) is 0 Å². The highest BCUT2D eigenvalue weighted by Crippen LogP contribution is 2.20. The van der Waals surface area contributed by atoms with E-state index in [-0.39, 0.29) is 0 Å². The minimum atomic E-state index is 0.646. The van der Waals surface area contributed by atoms with Gasteiger partial charge in [-0.05, 0) is 73.3 Å². The lowest BCUT2D eigenvalue weighted by atomic mass is 10.3. The highest BCUT2D eigenvalue weighted by Gasteiger charge is 2.01. The van der Waals surface area contributed by atoms with Gasteiger partial charge in [-0.25, -0.2) is 0 Å². The lowest BCUT2D eigenvalue weighted by Gasteiger charge is -2.20. The van der Waals surface area contributed by atoms with Crippen molar-refractivity contribution in [3.63, 3.8) is 0 Å². The van der Waals surface area contributed by atoms with Crippen molar-refractivity contribution in [2.75, 3.05) is 20.1 Å². The summed E-state index contributed by atoms with van der Waals surface area (Å²) in [5.41, 5.74) is 1.37. The normalized spacial score (nSPS) is 11.6. The first-order valence-electron chi connectivity index (χ1n) is 5.73. The van der Waals surface area contributed by atoms with Crippen molar-refractivity contribution in [2.24, 2.45) is 0 Å². The Morgan fingerprint density at radius 1 is 1.50 bits per heavy atom. The zero-order valence-electron chi connectivity index (χ0n) is 10.3. The molecule has 0 saturated carbocycles. The lowest BCUT2D eigenvalue weighted by Crippen LogP contribution is -2.29. The number of nitrogens with one attached hydrogen (secondary N) is 1. The zero-order valence-corrected chi connectivity index (χ0v) is 12.7. The molecule has 0 amide bonds. The molecule has 1 N–H and O–H groups in total. The molecule has 0 fully saturated rings. The molecule has 0 saturated heterocycles. The van der Waals surface area contributed by atoms with Crippen LogP contribution in [0.15, 0.2) is 15.2 Å². The first-order chi connectivity index (χ1) is 7.59. The van der Waals surface area contributed by atoms with Gasteiger partial charge in [-0.1, -0.05) is 0 Å². The van der Waals surface area contributed by atoms with Crippen LogP contribution in [0, 0.1) is 0 Å². The van der Waals surface area contributed by atoms with Crippen molar-refractivity contribution in [2.45, 2.75) is 32.9 Å². The monoisotopic (exact) mass is 304 g/mol. The third-order valence-electron chi connectivity index (χ3n) is 2.70. The van der Waals surface area contributed by atoms with Gasteiger partial charge in [0.05, 0.1) is 3.79 Å². The minimum absolute atomic E-state index is 0.646. The standard InChI is InChI=1S/C12H21BrN2S/c1-10(2)15(3)6-4-5-14-8-11-7-12(13)16-9-11/h7,9-10,14H,4-6,8H2,1-3H3. The second kappa shape index (κ2) is 7.43. The molecule has 4 heteroatoms. The van der Waals surface area contributed by atoms with Crippen LogP contribution in [0.4, 0.5) is 0 Å². The van der Waals surface area contributed by atoms with E-state index in [0.29, 0.717) is 6.04 Å². The zero-order chi connectivity index (χ0) is 12.0. The summed E-state index contributed by atoms with van der Waals surface area (Å²) in [6.45, 7) is 7.70. The summed E-state index contributed by atoms with van der Waals surface area (Å²) >= 11 is 5.22. The van der Waals surface area contributed by atoms with Gasteiger partial charge in [-0.2, -0.15) is 0 Å². The topological polar surface area (TPSA) is 15.3 Å². The van der Waals surface area contributed by atoms with Crippen LogP contribution in [0.3, 0.4) is 0 Å². The van der Waals surface area contributed by atoms with E-state index in [1.54, 1.807) is 11.3 Å². The van der Waals surface area contributed by atoms with Crippen molar-refractivity contribution in [1.82, 2.24) is 10.2 Å². The van der Waals surface area contributed by atoms with Gasteiger partial charge >= 0.3 is 0 Å². The fourth-order valence-electron chi connectivity index (χ4n) is 1.38. The number of nitrogens with zero attached hydrogens (tertiary/aromatic N) is 1. The van der Waals surface area contributed by atoms with Gasteiger partial charge in [0.15, 0.2) is 0 Å². The number of rotatable bonds is 7. The number of hydrogen-bond donors (Lipinski definition) is 1. The van der Waals surface area contributed by atoms with Crippen molar-refractivity contribution in [3.05, 3.63) is 20.8 Å². The Morgan fingerprint density at radius 2 is 2.25 bits per heavy atom. The molecule has 16 heavy (non-hydrogen) atoms. The Bertz CT molecular complexity index is 299. The van der Waals surface area contributed by atoms with E-state index < -0.39 is 0 Å². The molecule has 0 bridgehead atoms. The maximum Gasteiger partial charge on any atom is 0.0701 e. The summed E-state index contributed by atoms with van der Waals surface area (Å²) in [6.07, 6.45) is 1.21. The van der Waals surface area contributed by atoms with Crippen LogP contribution in [-0.2, 0) is 6.54 Å². The minimum Gasteiger partial charge on any atom is -0.313 e. The second-order valence-electron chi connectivity index (χ2n) is 4.36. The Labute approximate surface area is 111 Å². The van der Waals surface area contributed by atoms with Gasteiger partial charge in [0, 0.05) is 12.6 Å². The molecular weight excluding hydrogens is 284 g/mol. The van der Waals surface area contributed by atoms with Gasteiger partial charge < -0.3 is 10.2 Å². The Balaban J connectivity index is 2.04. The quantitative estimate of drug-likeness (QED) is 0.777. The average Bonchev–Trinajstić information content (AvgIpc) is 2.63. The van der Waals surface area contributed by atoms with Gasteiger partial charge in [-0.15, -0.1) is 11.3 Å². The first-order valence-corrected chi connectivity index (χ1v) is 7.40. The van der Waals surface area contributed by atoms with E-state index in [0.717, 1.165) is 19.6 Å². The third kappa shape index (κ3) is 5.43. The van der Waals surface area contributed by atoms with Gasteiger partial charge in [-0.3, -0.25) is 0 Å². The molecule has 0 aliphatic carbocycles. The summed E-state index contributed by atoms with van der Waals surface area (Å²) in [6, 6.07) is 2.82. The summed E-state index contributed by atoms with van der Waals surface area (Å²) in [4.78, 5) is 2.38. The predicted octanol–water partition coefficient (Wildman–Crippen LogP) is 3.33. The van der Waals surface area contributed by atoms with E-state index in [9.17, 15) is 0 Å². The number of hydrogen-bond acceptors (Lipinski definition) is 3. The molecule has 1 aromatic heterocycles. The summed E-state index contributed by atoms with van der Waals surface area (Å²) in [7, 11) is 2.18. The molecule has 1 heterocycles. The molecule has 0 aromatic carbocycles.